The Morgan fingerprint density at radius 3 is 1.94 bits per heavy atom. The zero-order chi connectivity index (χ0) is 13.0. The second-order valence-electron chi connectivity index (χ2n) is 3.37. The van der Waals surface area contributed by atoms with Crippen LogP contribution in [0.15, 0.2) is 24.3 Å². The van der Waals surface area contributed by atoms with E-state index >= 15 is 0 Å². The van der Waals surface area contributed by atoms with Crippen LogP contribution in [-0.2, 0) is 20.6 Å². The van der Waals surface area contributed by atoms with Gasteiger partial charge in [0.25, 0.3) is 0 Å². The molecule has 7 heteroatoms. The van der Waals surface area contributed by atoms with E-state index in [1.807, 2.05) is 0 Å². The van der Waals surface area contributed by atoms with Gasteiger partial charge in [-0.2, -0.15) is 4.89 Å². The minimum absolute atomic E-state index is 0.160. The summed E-state index contributed by atoms with van der Waals surface area (Å²) in [6.07, 6.45) is -0.160. The maximum absolute atomic E-state index is 10.7. The molecule has 0 aromatic heterocycles. The largest absolute Gasteiger partial charge is 0.546 e. The fourth-order valence-corrected chi connectivity index (χ4v) is 1.68. The van der Waals surface area contributed by atoms with Gasteiger partial charge in [0.1, 0.15) is 0 Å². The number of carbonyl (C=O) groups is 2. The van der Waals surface area contributed by atoms with E-state index in [1.165, 1.54) is 24.3 Å². The van der Waals surface area contributed by atoms with E-state index in [-0.39, 0.29) is 11.7 Å². The summed E-state index contributed by atoms with van der Waals surface area (Å²) < 4.78 is 10.7. The Morgan fingerprint density at radius 1 is 1.12 bits per heavy atom. The molecule has 0 amide bonds. The van der Waals surface area contributed by atoms with Crippen LogP contribution < -0.4 is 5.30 Å². The highest BCUT2D eigenvalue weighted by molar-refractivity contribution is 7.47. The highest BCUT2D eigenvalue weighted by Crippen LogP contribution is 2.15. The molecule has 6 nitrogen and oxygen atoms in total. The lowest BCUT2D eigenvalue weighted by atomic mass is 10.00. The predicted octanol–water partition coefficient (Wildman–Crippen LogP) is 0.375. The molecule has 3 N–H and O–H groups in total. The van der Waals surface area contributed by atoms with Crippen LogP contribution in [0.1, 0.15) is 5.56 Å². The van der Waals surface area contributed by atoms with Crippen LogP contribution in [0.2, 0.25) is 0 Å². The van der Waals surface area contributed by atoms with E-state index in [2.05, 4.69) is 0 Å². The summed E-state index contributed by atoms with van der Waals surface area (Å²) >= 11 is 0. The first-order valence-electron chi connectivity index (χ1n) is 4.62. The Labute approximate surface area is 97.4 Å². The lowest BCUT2D eigenvalue weighted by Crippen LogP contribution is -2.25. The highest BCUT2D eigenvalue weighted by atomic mass is 31.1. The normalized spacial score (nSPS) is 11.3. The summed E-state index contributed by atoms with van der Waals surface area (Å²) in [6, 6.07) is 5.62. The molecule has 0 aliphatic carbocycles. The van der Waals surface area contributed by atoms with Crippen LogP contribution in [0, 0.1) is 5.92 Å². The lowest BCUT2D eigenvalue weighted by molar-refractivity contribution is -0.154. The molecular formula is C10H10O6P+. The molecule has 1 aromatic carbocycles. The maximum Gasteiger partial charge on any atom is 0.546 e. The summed E-state index contributed by atoms with van der Waals surface area (Å²) in [4.78, 5) is 30.1. The molecule has 0 fully saturated rings. The van der Waals surface area contributed by atoms with Crippen molar-refractivity contribution in [1.29, 1.82) is 0 Å². The molecule has 0 aliphatic rings. The van der Waals surface area contributed by atoms with Gasteiger partial charge in [-0.05, 0) is 28.7 Å². The second kappa shape index (κ2) is 5.52. The quantitative estimate of drug-likeness (QED) is 0.519. The van der Waals surface area contributed by atoms with Crippen molar-refractivity contribution >= 4 is 25.3 Å². The van der Waals surface area contributed by atoms with Gasteiger partial charge in [-0.15, -0.1) is 0 Å². The Morgan fingerprint density at radius 2 is 1.59 bits per heavy atom. The van der Waals surface area contributed by atoms with E-state index in [9.17, 15) is 14.2 Å². The summed E-state index contributed by atoms with van der Waals surface area (Å²) in [5.41, 5.74) is 0.486. The van der Waals surface area contributed by atoms with E-state index < -0.39 is 25.9 Å². The van der Waals surface area contributed by atoms with E-state index in [0.29, 0.717) is 5.56 Å². The van der Waals surface area contributed by atoms with Crippen LogP contribution in [0.25, 0.3) is 0 Å². The molecule has 0 spiro atoms. The van der Waals surface area contributed by atoms with Crippen molar-refractivity contribution in [3.63, 3.8) is 0 Å². The van der Waals surface area contributed by atoms with E-state index in [0.717, 1.165) is 0 Å². The maximum atomic E-state index is 10.7. The molecular weight excluding hydrogens is 247 g/mol. The third-order valence-electron chi connectivity index (χ3n) is 2.19. The number of rotatable bonds is 5. The molecule has 0 bridgehead atoms. The molecule has 0 heterocycles. The van der Waals surface area contributed by atoms with Crippen LogP contribution in [0.3, 0.4) is 0 Å². The number of hydrogen-bond acceptors (Lipinski definition) is 3. The highest BCUT2D eigenvalue weighted by Gasteiger charge is 2.26. The van der Waals surface area contributed by atoms with Crippen molar-refractivity contribution in [3.05, 3.63) is 29.8 Å². The number of benzene rings is 1. The minimum Gasteiger partial charge on any atom is -0.481 e. The molecule has 0 radical (unpaired) electrons. The first kappa shape index (κ1) is 13.3. The van der Waals surface area contributed by atoms with Crippen molar-refractivity contribution in [2.24, 2.45) is 5.92 Å². The van der Waals surface area contributed by atoms with Gasteiger partial charge in [-0.1, -0.05) is 12.1 Å². The molecule has 1 unspecified atom stereocenters. The average Bonchev–Trinajstić information content (AvgIpc) is 2.25. The Kier molecular flexibility index (Phi) is 4.31. The first-order chi connectivity index (χ1) is 7.91. The van der Waals surface area contributed by atoms with Gasteiger partial charge in [-0.3, -0.25) is 9.59 Å². The fraction of sp³-hybridized carbons (Fsp3) is 0.200. The van der Waals surface area contributed by atoms with Crippen LogP contribution in [0.5, 0.6) is 0 Å². The number of carboxylic acid groups (broad SMARTS) is 2. The minimum atomic E-state index is -2.44. The van der Waals surface area contributed by atoms with Gasteiger partial charge >= 0.3 is 20.0 Å². The molecule has 1 aromatic rings. The summed E-state index contributed by atoms with van der Waals surface area (Å²) in [5.74, 6) is -4.33. The third-order valence-corrected chi connectivity index (χ3v) is 2.93. The standard InChI is InChI=1S/C10H9O6P/c11-9(12)8(10(13)14)5-6-1-3-7(4-2-6)17(15)16/h1-4,8H,5H2,(H2-,11,12,13,14,15,16)/p+1. The molecule has 1 atom stereocenters. The van der Waals surface area contributed by atoms with Crippen LogP contribution in [0.4, 0.5) is 0 Å². The van der Waals surface area contributed by atoms with Gasteiger partial charge in [0.15, 0.2) is 5.92 Å². The second-order valence-corrected chi connectivity index (χ2v) is 4.43. The van der Waals surface area contributed by atoms with Crippen LogP contribution in [-0.4, -0.2) is 27.0 Å². The zero-order valence-corrected chi connectivity index (χ0v) is 9.50. The Bertz CT molecular complexity index is 438. The van der Waals surface area contributed by atoms with Gasteiger partial charge in [-0.25, -0.2) is 0 Å². The van der Waals surface area contributed by atoms with Crippen molar-refractivity contribution in [1.82, 2.24) is 0 Å². The predicted molar refractivity (Wildman–Crippen MR) is 58.4 cm³/mol. The fourth-order valence-electron chi connectivity index (χ4n) is 1.28. The Hall–Kier alpha value is -1.78. The topological polar surface area (TPSA) is 112 Å². The number of aliphatic carboxylic acids is 2. The van der Waals surface area contributed by atoms with Crippen LogP contribution >= 0.6 is 8.03 Å². The van der Waals surface area contributed by atoms with Crippen molar-refractivity contribution in [2.75, 3.05) is 0 Å². The average molecular weight is 257 g/mol. The molecule has 0 aliphatic heterocycles. The van der Waals surface area contributed by atoms with Gasteiger partial charge in [0.05, 0.1) is 0 Å². The molecule has 90 valence electrons. The van der Waals surface area contributed by atoms with E-state index in [1.54, 1.807) is 0 Å². The molecule has 0 saturated heterocycles. The Balaban J connectivity index is 2.84. The zero-order valence-electron chi connectivity index (χ0n) is 8.61. The number of hydrogen-bond donors (Lipinski definition) is 3. The summed E-state index contributed by atoms with van der Waals surface area (Å²) in [7, 11) is -2.44. The van der Waals surface area contributed by atoms with Crippen molar-refractivity contribution < 1.29 is 29.3 Å². The molecule has 0 saturated carbocycles. The lowest BCUT2D eigenvalue weighted by Gasteiger charge is -2.06. The van der Waals surface area contributed by atoms with Crippen molar-refractivity contribution in [2.45, 2.75) is 6.42 Å². The SMILES string of the molecule is O=C(O)C(Cc1ccc([P+](=O)O)cc1)C(=O)O. The smallest absolute Gasteiger partial charge is 0.481 e. The molecule has 17 heavy (non-hydrogen) atoms. The van der Waals surface area contributed by atoms with Gasteiger partial charge in [0.2, 0.25) is 5.30 Å². The number of carboxylic acids is 2. The monoisotopic (exact) mass is 257 g/mol. The molecule has 1 rings (SSSR count). The van der Waals surface area contributed by atoms with E-state index in [4.69, 9.17) is 15.1 Å². The summed E-state index contributed by atoms with van der Waals surface area (Å²) in [5, 5.41) is 17.6. The summed E-state index contributed by atoms with van der Waals surface area (Å²) in [6.45, 7) is 0. The van der Waals surface area contributed by atoms with Crippen molar-refractivity contribution in [3.8, 4) is 0 Å². The van der Waals surface area contributed by atoms with Gasteiger partial charge < -0.3 is 10.2 Å². The third kappa shape index (κ3) is 3.62. The first-order valence-corrected chi connectivity index (χ1v) is 5.83. The van der Waals surface area contributed by atoms with Gasteiger partial charge in [0, 0.05) is 0 Å².